The molecule has 0 radical (unpaired) electrons. The van der Waals surface area contributed by atoms with Gasteiger partial charge in [-0.25, -0.2) is 4.98 Å². The minimum absolute atomic E-state index is 0.195. The number of H-pyrrole nitrogens is 1. The Bertz CT molecular complexity index is 568. The number of aromatic amines is 1. The second-order valence-corrected chi connectivity index (χ2v) is 5.24. The minimum atomic E-state index is -1.01. The first-order chi connectivity index (χ1) is 9.40. The number of nitrogens with one attached hydrogen (secondary N) is 1. The minimum Gasteiger partial charge on any atom is -0.465 e. The zero-order chi connectivity index (χ0) is 15.3. The molecule has 0 spiro atoms. The van der Waals surface area contributed by atoms with Gasteiger partial charge < -0.3 is 9.72 Å². The molecule has 0 bridgehead atoms. The van der Waals surface area contributed by atoms with E-state index in [2.05, 4.69) is 9.97 Å². The molecule has 0 aromatic carbocycles. The highest BCUT2D eigenvalue weighted by atomic mass is 32.2. The molecular weight excluding hydrogens is 280 g/mol. The molecule has 1 heterocycles. The third-order valence-corrected chi connectivity index (χ3v) is 3.83. The number of nitrogens with zero attached hydrogens (tertiary/aromatic N) is 1. The van der Waals surface area contributed by atoms with Gasteiger partial charge in [-0.1, -0.05) is 18.7 Å². The standard InChI is InChI=1S/C13H18N2O4S/c1-5-9-7(3)14-13(15-11(9)17)20-10(8(4)16)12(18)19-6-2/h10H,5-6H2,1-4H3,(H,14,15,17)/t10-/m1/s1. The SMILES string of the molecule is CCOC(=O)[C@H](Sc1nc(C)c(CC)c(=O)[nH]1)C(C)=O. The average Bonchev–Trinajstić information content (AvgIpc) is 2.35. The van der Waals surface area contributed by atoms with E-state index in [-0.39, 0.29) is 23.1 Å². The molecule has 0 amide bonds. The van der Waals surface area contributed by atoms with Crippen LogP contribution in [0.1, 0.15) is 32.0 Å². The number of Topliss-reactive ketones (excluding diaryl/α,β-unsaturated/α-hetero) is 1. The van der Waals surface area contributed by atoms with E-state index in [0.717, 1.165) is 11.8 Å². The molecule has 0 unspecified atom stereocenters. The summed E-state index contributed by atoms with van der Waals surface area (Å²) in [6, 6.07) is 0. The first-order valence-corrected chi connectivity index (χ1v) is 7.22. The fraction of sp³-hybridized carbons (Fsp3) is 0.538. The summed E-state index contributed by atoms with van der Waals surface area (Å²) in [5, 5.41) is -0.761. The van der Waals surface area contributed by atoms with Crippen LogP contribution >= 0.6 is 11.8 Å². The Morgan fingerprint density at radius 3 is 2.50 bits per heavy atom. The molecule has 0 fully saturated rings. The van der Waals surface area contributed by atoms with Crippen LogP contribution in [0.3, 0.4) is 0 Å². The molecule has 1 N–H and O–H groups in total. The Balaban J connectivity index is 3.04. The van der Waals surface area contributed by atoms with Crippen molar-refractivity contribution < 1.29 is 14.3 Å². The lowest BCUT2D eigenvalue weighted by molar-refractivity contribution is -0.144. The highest BCUT2D eigenvalue weighted by Gasteiger charge is 2.27. The van der Waals surface area contributed by atoms with Crippen LogP contribution in [0.25, 0.3) is 0 Å². The number of hydrogen-bond donors (Lipinski definition) is 1. The summed E-state index contributed by atoms with van der Waals surface area (Å²) < 4.78 is 4.84. The lowest BCUT2D eigenvalue weighted by Crippen LogP contribution is -2.28. The van der Waals surface area contributed by atoms with E-state index in [9.17, 15) is 14.4 Å². The van der Waals surface area contributed by atoms with Crippen molar-refractivity contribution in [3.8, 4) is 0 Å². The van der Waals surface area contributed by atoms with E-state index in [1.54, 1.807) is 13.8 Å². The summed E-state index contributed by atoms with van der Waals surface area (Å²) in [7, 11) is 0. The number of ketones is 1. The molecule has 20 heavy (non-hydrogen) atoms. The van der Waals surface area contributed by atoms with E-state index in [4.69, 9.17) is 4.74 Å². The van der Waals surface area contributed by atoms with Crippen molar-refractivity contribution in [1.29, 1.82) is 0 Å². The molecule has 1 aromatic heterocycles. The van der Waals surface area contributed by atoms with E-state index in [1.807, 2.05) is 6.92 Å². The van der Waals surface area contributed by atoms with Gasteiger partial charge in [0.25, 0.3) is 5.56 Å². The van der Waals surface area contributed by atoms with Crippen molar-refractivity contribution in [2.75, 3.05) is 6.61 Å². The third kappa shape index (κ3) is 3.93. The smallest absolute Gasteiger partial charge is 0.327 e. The number of carbonyl (C=O) groups is 2. The lowest BCUT2D eigenvalue weighted by atomic mass is 10.2. The van der Waals surface area contributed by atoms with Crippen LogP contribution in [0.4, 0.5) is 0 Å². The maximum Gasteiger partial charge on any atom is 0.327 e. The Hall–Kier alpha value is -1.63. The molecule has 1 aromatic rings. The average molecular weight is 298 g/mol. The second kappa shape index (κ2) is 7.23. The fourth-order valence-corrected chi connectivity index (χ4v) is 2.58. The van der Waals surface area contributed by atoms with Crippen molar-refractivity contribution >= 4 is 23.5 Å². The number of aryl methyl sites for hydroxylation is 1. The maximum atomic E-state index is 11.8. The Kier molecular flexibility index (Phi) is 5.94. The van der Waals surface area contributed by atoms with Gasteiger partial charge in [0, 0.05) is 11.3 Å². The fourth-order valence-electron chi connectivity index (χ4n) is 1.68. The monoisotopic (exact) mass is 298 g/mol. The molecule has 0 aliphatic carbocycles. The second-order valence-electron chi connectivity index (χ2n) is 4.15. The van der Waals surface area contributed by atoms with Crippen LogP contribution in [0.15, 0.2) is 9.95 Å². The van der Waals surface area contributed by atoms with Crippen LogP contribution in [0, 0.1) is 6.92 Å². The molecule has 0 saturated heterocycles. The third-order valence-electron chi connectivity index (χ3n) is 2.65. The van der Waals surface area contributed by atoms with E-state index in [1.165, 1.54) is 6.92 Å². The van der Waals surface area contributed by atoms with Gasteiger partial charge in [-0.05, 0) is 27.2 Å². The van der Waals surface area contributed by atoms with Gasteiger partial charge in [0.2, 0.25) is 0 Å². The predicted octanol–water partition coefficient (Wildman–Crippen LogP) is 1.25. The zero-order valence-corrected chi connectivity index (χ0v) is 12.8. The zero-order valence-electron chi connectivity index (χ0n) is 12.0. The summed E-state index contributed by atoms with van der Waals surface area (Å²) in [5.41, 5.74) is 0.962. The van der Waals surface area contributed by atoms with Crippen molar-refractivity contribution in [3.05, 3.63) is 21.6 Å². The first-order valence-electron chi connectivity index (χ1n) is 6.34. The topological polar surface area (TPSA) is 89.1 Å². The first kappa shape index (κ1) is 16.4. The van der Waals surface area contributed by atoms with E-state index >= 15 is 0 Å². The molecule has 7 heteroatoms. The molecule has 1 rings (SSSR count). The van der Waals surface area contributed by atoms with Crippen molar-refractivity contribution in [3.63, 3.8) is 0 Å². The highest BCUT2D eigenvalue weighted by Crippen LogP contribution is 2.21. The van der Waals surface area contributed by atoms with Gasteiger partial charge in [-0.2, -0.15) is 0 Å². The van der Waals surface area contributed by atoms with Gasteiger partial charge in [0.1, 0.15) is 0 Å². The molecule has 0 aliphatic heterocycles. The summed E-state index contributed by atoms with van der Waals surface area (Å²) in [6.45, 7) is 6.76. The van der Waals surface area contributed by atoms with Gasteiger partial charge in [0.15, 0.2) is 16.2 Å². The lowest BCUT2D eigenvalue weighted by Gasteiger charge is -2.12. The Morgan fingerprint density at radius 2 is 2.05 bits per heavy atom. The van der Waals surface area contributed by atoms with Gasteiger partial charge in [-0.15, -0.1) is 0 Å². The summed E-state index contributed by atoms with van der Waals surface area (Å²) in [5.74, 6) is -0.960. The molecule has 0 saturated carbocycles. The van der Waals surface area contributed by atoms with Gasteiger partial charge in [-0.3, -0.25) is 14.4 Å². The van der Waals surface area contributed by atoms with Crippen LogP contribution in [-0.2, 0) is 20.7 Å². The van der Waals surface area contributed by atoms with Crippen LogP contribution in [0.2, 0.25) is 0 Å². The summed E-state index contributed by atoms with van der Waals surface area (Å²) >= 11 is 0.902. The Labute approximate surface area is 121 Å². The molecule has 110 valence electrons. The number of esters is 1. The largest absolute Gasteiger partial charge is 0.465 e. The molecule has 1 atom stereocenters. The number of thioether (sulfide) groups is 1. The normalized spacial score (nSPS) is 12.0. The van der Waals surface area contributed by atoms with E-state index in [0.29, 0.717) is 17.7 Å². The number of carbonyl (C=O) groups excluding carboxylic acids is 2. The predicted molar refractivity (Wildman–Crippen MR) is 75.9 cm³/mol. The summed E-state index contributed by atoms with van der Waals surface area (Å²) in [4.78, 5) is 41.8. The summed E-state index contributed by atoms with van der Waals surface area (Å²) in [6.07, 6.45) is 0.577. The number of rotatable bonds is 6. The number of aromatic nitrogens is 2. The van der Waals surface area contributed by atoms with E-state index < -0.39 is 11.2 Å². The van der Waals surface area contributed by atoms with Crippen molar-refractivity contribution in [2.45, 2.75) is 44.5 Å². The van der Waals surface area contributed by atoms with Gasteiger partial charge >= 0.3 is 5.97 Å². The molecule has 6 nitrogen and oxygen atoms in total. The quantitative estimate of drug-likeness (QED) is 0.368. The van der Waals surface area contributed by atoms with Crippen molar-refractivity contribution in [1.82, 2.24) is 9.97 Å². The number of hydrogen-bond acceptors (Lipinski definition) is 6. The number of ether oxygens (including phenoxy) is 1. The maximum absolute atomic E-state index is 11.8. The molecular formula is C13H18N2O4S. The molecule has 0 aliphatic rings. The Morgan fingerprint density at radius 1 is 1.40 bits per heavy atom. The van der Waals surface area contributed by atoms with Crippen molar-refractivity contribution in [2.24, 2.45) is 0 Å². The van der Waals surface area contributed by atoms with Crippen LogP contribution in [-0.4, -0.2) is 33.6 Å². The van der Waals surface area contributed by atoms with Crippen LogP contribution in [0.5, 0.6) is 0 Å². The highest BCUT2D eigenvalue weighted by molar-refractivity contribution is 8.01. The van der Waals surface area contributed by atoms with Gasteiger partial charge in [0.05, 0.1) is 6.61 Å². The van der Waals surface area contributed by atoms with Crippen LogP contribution < -0.4 is 5.56 Å².